The number of urea groups is 1. The third-order valence-corrected chi connectivity index (χ3v) is 4.72. The number of nitrogens with zero attached hydrogens (tertiary/aromatic N) is 2. The molecule has 0 bridgehead atoms. The fourth-order valence-electron chi connectivity index (χ4n) is 3.34. The summed E-state index contributed by atoms with van der Waals surface area (Å²) in [5.74, 6) is -0.168. The van der Waals surface area contributed by atoms with Crippen molar-refractivity contribution in [3.05, 3.63) is 78.0 Å². The number of hydrogen-bond donors (Lipinski definition) is 1. The second-order valence-corrected chi connectivity index (χ2v) is 6.44. The van der Waals surface area contributed by atoms with Crippen LogP contribution in [0.4, 0.5) is 4.79 Å². The van der Waals surface area contributed by atoms with E-state index in [1.165, 1.54) is 4.90 Å². The summed E-state index contributed by atoms with van der Waals surface area (Å²) in [6.45, 7) is 0.237. The number of benzene rings is 2. The van der Waals surface area contributed by atoms with Crippen molar-refractivity contribution in [3.63, 3.8) is 0 Å². The van der Waals surface area contributed by atoms with Gasteiger partial charge in [0.1, 0.15) is 6.04 Å². The van der Waals surface area contributed by atoms with E-state index in [0.29, 0.717) is 6.42 Å². The lowest BCUT2D eigenvalue weighted by Crippen LogP contribution is -2.31. The molecule has 2 aromatic carbocycles. The van der Waals surface area contributed by atoms with E-state index in [4.69, 9.17) is 0 Å². The number of pyridine rings is 1. The van der Waals surface area contributed by atoms with E-state index >= 15 is 0 Å². The normalized spacial score (nSPS) is 16.9. The van der Waals surface area contributed by atoms with Gasteiger partial charge in [-0.1, -0.05) is 54.6 Å². The van der Waals surface area contributed by atoms with Crippen LogP contribution >= 0.6 is 0 Å². The zero-order valence-corrected chi connectivity index (χ0v) is 14.3. The average molecular weight is 345 g/mol. The zero-order chi connectivity index (χ0) is 17.9. The Morgan fingerprint density at radius 1 is 0.962 bits per heavy atom. The first-order valence-electron chi connectivity index (χ1n) is 8.71. The number of carbonyl (C=O) groups is 2. The topological polar surface area (TPSA) is 62.3 Å². The highest BCUT2D eigenvalue weighted by molar-refractivity contribution is 6.04. The Bertz CT molecular complexity index is 950. The summed E-state index contributed by atoms with van der Waals surface area (Å²) in [5.41, 5.74) is 2.85. The maximum Gasteiger partial charge on any atom is 0.325 e. The van der Waals surface area contributed by atoms with Crippen LogP contribution in [0.2, 0.25) is 0 Å². The van der Waals surface area contributed by atoms with E-state index < -0.39 is 6.04 Å². The van der Waals surface area contributed by atoms with Gasteiger partial charge in [0.2, 0.25) is 0 Å². The molecule has 5 heteroatoms. The predicted octanol–water partition coefficient (Wildman–Crippen LogP) is 3.29. The molecule has 0 spiro atoms. The van der Waals surface area contributed by atoms with Crippen LogP contribution in [0.1, 0.15) is 17.5 Å². The Morgan fingerprint density at radius 3 is 2.62 bits per heavy atom. The first-order chi connectivity index (χ1) is 12.7. The van der Waals surface area contributed by atoms with Gasteiger partial charge in [-0.25, -0.2) is 4.79 Å². The van der Waals surface area contributed by atoms with Crippen LogP contribution in [-0.4, -0.2) is 27.9 Å². The molecule has 1 saturated heterocycles. The molecule has 1 N–H and O–H groups in total. The fourth-order valence-corrected chi connectivity index (χ4v) is 3.34. The Labute approximate surface area is 151 Å². The van der Waals surface area contributed by atoms with E-state index in [1.807, 2.05) is 60.7 Å². The van der Waals surface area contributed by atoms with E-state index in [2.05, 4.69) is 10.3 Å². The number of imide groups is 1. The van der Waals surface area contributed by atoms with Gasteiger partial charge in [0.05, 0.1) is 12.1 Å². The van der Waals surface area contributed by atoms with Gasteiger partial charge in [-0.05, 0) is 30.0 Å². The Kier molecular flexibility index (Phi) is 4.35. The summed E-state index contributed by atoms with van der Waals surface area (Å²) in [4.78, 5) is 30.7. The average Bonchev–Trinajstić information content (AvgIpc) is 2.95. The number of aryl methyl sites for hydroxylation is 1. The van der Waals surface area contributed by atoms with Gasteiger partial charge in [-0.3, -0.25) is 14.7 Å². The molecule has 4 rings (SSSR count). The molecule has 0 aliphatic carbocycles. The first-order valence-corrected chi connectivity index (χ1v) is 8.71. The quantitative estimate of drug-likeness (QED) is 0.722. The van der Waals surface area contributed by atoms with Crippen molar-refractivity contribution in [1.82, 2.24) is 15.2 Å². The molecule has 0 saturated carbocycles. The molecule has 3 amide bonds. The van der Waals surface area contributed by atoms with Crippen LogP contribution in [0.25, 0.3) is 10.9 Å². The van der Waals surface area contributed by atoms with Crippen molar-refractivity contribution in [2.24, 2.45) is 0 Å². The van der Waals surface area contributed by atoms with Gasteiger partial charge in [0.15, 0.2) is 0 Å². The second-order valence-electron chi connectivity index (χ2n) is 6.44. The van der Waals surface area contributed by atoms with Gasteiger partial charge in [-0.15, -0.1) is 0 Å². The molecule has 26 heavy (non-hydrogen) atoms. The number of rotatable bonds is 5. The molecule has 1 aliphatic heterocycles. The molecule has 1 aliphatic rings. The standard InChI is InChI=1S/C21H19N3O2/c25-20-18(12-11-15-6-2-1-3-7-15)23-21(26)24(20)14-17-9-4-8-16-10-5-13-22-19(16)17/h1-10,13,18H,11-12,14H2,(H,23,26). The number of para-hydroxylation sites is 1. The summed E-state index contributed by atoms with van der Waals surface area (Å²) in [6.07, 6.45) is 3.07. The Balaban J connectivity index is 1.49. The number of carbonyl (C=O) groups excluding carboxylic acids is 2. The zero-order valence-electron chi connectivity index (χ0n) is 14.3. The molecule has 2 heterocycles. The maximum absolute atomic E-state index is 12.7. The van der Waals surface area contributed by atoms with Crippen LogP contribution in [0.15, 0.2) is 66.9 Å². The van der Waals surface area contributed by atoms with Crippen LogP contribution in [0.5, 0.6) is 0 Å². The third-order valence-electron chi connectivity index (χ3n) is 4.72. The van der Waals surface area contributed by atoms with E-state index in [-0.39, 0.29) is 18.5 Å². The minimum atomic E-state index is -0.467. The van der Waals surface area contributed by atoms with Crippen molar-refractivity contribution in [2.45, 2.75) is 25.4 Å². The molecule has 5 nitrogen and oxygen atoms in total. The second kappa shape index (κ2) is 6.96. The van der Waals surface area contributed by atoms with Crippen molar-refractivity contribution in [3.8, 4) is 0 Å². The minimum absolute atomic E-state index is 0.168. The molecule has 1 unspecified atom stereocenters. The highest BCUT2D eigenvalue weighted by Gasteiger charge is 2.37. The summed E-state index contributed by atoms with van der Waals surface area (Å²) < 4.78 is 0. The lowest BCUT2D eigenvalue weighted by atomic mass is 10.1. The minimum Gasteiger partial charge on any atom is -0.326 e. The fraction of sp³-hybridized carbons (Fsp3) is 0.190. The number of nitrogens with one attached hydrogen (secondary N) is 1. The van der Waals surface area contributed by atoms with Crippen LogP contribution in [0, 0.1) is 0 Å². The van der Waals surface area contributed by atoms with Crippen molar-refractivity contribution in [1.29, 1.82) is 0 Å². The summed E-state index contributed by atoms with van der Waals surface area (Å²) in [5, 5.41) is 3.81. The van der Waals surface area contributed by atoms with Gasteiger partial charge in [0, 0.05) is 11.6 Å². The Morgan fingerprint density at radius 2 is 1.77 bits per heavy atom. The number of amides is 3. The van der Waals surface area contributed by atoms with Crippen LogP contribution < -0.4 is 5.32 Å². The third kappa shape index (κ3) is 3.16. The lowest BCUT2D eigenvalue weighted by Gasteiger charge is -2.14. The van der Waals surface area contributed by atoms with Crippen LogP contribution in [-0.2, 0) is 17.8 Å². The monoisotopic (exact) mass is 345 g/mol. The van der Waals surface area contributed by atoms with E-state index in [1.54, 1.807) is 6.20 Å². The summed E-state index contributed by atoms with van der Waals surface area (Å²) >= 11 is 0. The predicted molar refractivity (Wildman–Crippen MR) is 99.4 cm³/mol. The highest BCUT2D eigenvalue weighted by Crippen LogP contribution is 2.21. The highest BCUT2D eigenvalue weighted by atomic mass is 16.2. The van der Waals surface area contributed by atoms with Gasteiger partial charge < -0.3 is 5.32 Å². The number of hydrogen-bond acceptors (Lipinski definition) is 3. The summed E-state index contributed by atoms with van der Waals surface area (Å²) in [7, 11) is 0. The molecule has 3 aromatic rings. The van der Waals surface area contributed by atoms with E-state index in [9.17, 15) is 9.59 Å². The smallest absolute Gasteiger partial charge is 0.325 e. The lowest BCUT2D eigenvalue weighted by molar-refractivity contribution is -0.127. The summed E-state index contributed by atoms with van der Waals surface area (Å²) in [6, 6.07) is 18.8. The largest absolute Gasteiger partial charge is 0.326 e. The Hall–Kier alpha value is -3.21. The van der Waals surface area contributed by atoms with E-state index in [0.717, 1.165) is 28.5 Å². The van der Waals surface area contributed by atoms with Crippen molar-refractivity contribution in [2.75, 3.05) is 0 Å². The SMILES string of the molecule is O=C1NC(CCc2ccccc2)C(=O)N1Cc1cccc2cccnc12. The molecule has 1 fully saturated rings. The maximum atomic E-state index is 12.7. The van der Waals surface area contributed by atoms with Crippen LogP contribution in [0.3, 0.4) is 0 Å². The first kappa shape index (κ1) is 16.3. The molecule has 0 radical (unpaired) electrons. The van der Waals surface area contributed by atoms with Gasteiger partial charge in [0.25, 0.3) is 5.91 Å². The van der Waals surface area contributed by atoms with Crippen molar-refractivity contribution >= 4 is 22.8 Å². The molecule has 130 valence electrons. The van der Waals surface area contributed by atoms with Crippen molar-refractivity contribution < 1.29 is 9.59 Å². The molecular formula is C21H19N3O2. The number of fused-ring (bicyclic) bond motifs is 1. The van der Waals surface area contributed by atoms with Gasteiger partial charge >= 0.3 is 6.03 Å². The molecule has 1 aromatic heterocycles. The number of aromatic nitrogens is 1. The van der Waals surface area contributed by atoms with Gasteiger partial charge in [-0.2, -0.15) is 0 Å². The molecule has 1 atom stereocenters. The molecular weight excluding hydrogens is 326 g/mol.